The van der Waals surface area contributed by atoms with E-state index in [2.05, 4.69) is 4.98 Å². The van der Waals surface area contributed by atoms with Crippen molar-refractivity contribution in [3.63, 3.8) is 0 Å². The molecule has 0 saturated heterocycles. The number of ether oxygens (including phenoxy) is 1. The molecule has 1 atom stereocenters. The molecule has 1 aromatic heterocycles. The zero-order valence-electron chi connectivity index (χ0n) is 9.30. The summed E-state index contributed by atoms with van der Waals surface area (Å²) in [7, 11) is 1.56. The highest BCUT2D eigenvalue weighted by molar-refractivity contribution is 6.30. The molecule has 0 amide bonds. The Labute approximate surface area is 105 Å². The van der Waals surface area contributed by atoms with Crippen LogP contribution in [0, 0.1) is 0 Å². The summed E-state index contributed by atoms with van der Waals surface area (Å²) in [6.07, 6.45) is 2.44. The Hall–Kier alpha value is -1.58. The number of aliphatic hydroxyl groups excluding tert-OH is 1. The van der Waals surface area contributed by atoms with Crippen LogP contribution in [-0.2, 0) is 0 Å². The van der Waals surface area contributed by atoms with Gasteiger partial charge in [-0.3, -0.25) is 4.98 Å². The van der Waals surface area contributed by atoms with E-state index in [1.165, 1.54) is 0 Å². The van der Waals surface area contributed by atoms with E-state index < -0.39 is 6.10 Å². The third kappa shape index (κ3) is 2.75. The molecular weight excluding hydrogens is 238 g/mol. The van der Waals surface area contributed by atoms with E-state index in [0.717, 1.165) is 5.56 Å². The van der Waals surface area contributed by atoms with E-state index in [1.807, 2.05) is 6.07 Å². The predicted octanol–water partition coefficient (Wildman–Crippen LogP) is 2.83. The topological polar surface area (TPSA) is 42.4 Å². The van der Waals surface area contributed by atoms with Crippen molar-refractivity contribution in [1.82, 2.24) is 4.98 Å². The molecule has 1 unspecified atom stereocenters. The SMILES string of the molecule is COc1cncc(C(O)c2cccc(Cl)c2)c1. The molecule has 1 aromatic carbocycles. The van der Waals surface area contributed by atoms with Crippen molar-refractivity contribution in [2.45, 2.75) is 6.10 Å². The van der Waals surface area contributed by atoms with Crippen LogP contribution >= 0.6 is 11.6 Å². The van der Waals surface area contributed by atoms with Crippen molar-refractivity contribution in [3.8, 4) is 5.75 Å². The Kier molecular flexibility index (Phi) is 3.61. The van der Waals surface area contributed by atoms with Crippen LogP contribution < -0.4 is 4.74 Å². The summed E-state index contributed by atoms with van der Waals surface area (Å²) in [6, 6.07) is 8.86. The molecule has 0 bridgehead atoms. The quantitative estimate of drug-likeness (QED) is 0.910. The molecule has 0 radical (unpaired) electrons. The van der Waals surface area contributed by atoms with E-state index in [9.17, 15) is 5.11 Å². The van der Waals surface area contributed by atoms with Crippen molar-refractivity contribution >= 4 is 11.6 Å². The van der Waals surface area contributed by atoms with Gasteiger partial charge in [0.2, 0.25) is 0 Å². The molecule has 3 nitrogen and oxygen atoms in total. The Morgan fingerprint density at radius 3 is 2.76 bits per heavy atom. The zero-order valence-corrected chi connectivity index (χ0v) is 10.1. The molecule has 0 aliphatic carbocycles. The maximum absolute atomic E-state index is 10.2. The van der Waals surface area contributed by atoms with Crippen LogP contribution in [0.1, 0.15) is 17.2 Å². The molecule has 2 rings (SSSR count). The predicted molar refractivity (Wildman–Crippen MR) is 66.3 cm³/mol. The lowest BCUT2D eigenvalue weighted by atomic mass is 10.0. The van der Waals surface area contributed by atoms with Gasteiger partial charge in [-0.2, -0.15) is 0 Å². The lowest BCUT2D eigenvalue weighted by Gasteiger charge is -2.12. The molecule has 0 aliphatic rings. The van der Waals surface area contributed by atoms with Crippen LogP contribution in [0.5, 0.6) is 5.75 Å². The first-order chi connectivity index (χ1) is 8.20. The highest BCUT2D eigenvalue weighted by atomic mass is 35.5. The van der Waals surface area contributed by atoms with Gasteiger partial charge >= 0.3 is 0 Å². The van der Waals surface area contributed by atoms with E-state index in [4.69, 9.17) is 16.3 Å². The number of pyridine rings is 1. The molecule has 88 valence electrons. The summed E-state index contributed by atoms with van der Waals surface area (Å²) < 4.78 is 5.06. The minimum absolute atomic E-state index is 0.595. The van der Waals surface area contributed by atoms with E-state index in [1.54, 1.807) is 43.8 Å². The highest BCUT2D eigenvalue weighted by Gasteiger charge is 2.11. The lowest BCUT2D eigenvalue weighted by Crippen LogP contribution is -2.00. The molecule has 2 aromatic rings. The summed E-state index contributed by atoms with van der Waals surface area (Å²) in [5.41, 5.74) is 1.40. The van der Waals surface area contributed by atoms with Crippen molar-refractivity contribution in [1.29, 1.82) is 0 Å². The Morgan fingerprint density at radius 2 is 2.06 bits per heavy atom. The molecular formula is C13H12ClNO2. The molecule has 1 heterocycles. The van der Waals surface area contributed by atoms with Gasteiger partial charge in [0.25, 0.3) is 0 Å². The Morgan fingerprint density at radius 1 is 1.24 bits per heavy atom. The number of hydrogen-bond acceptors (Lipinski definition) is 3. The number of halogens is 1. The van der Waals surface area contributed by atoms with E-state index in [0.29, 0.717) is 16.3 Å². The molecule has 0 aliphatic heterocycles. The molecule has 0 fully saturated rings. The van der Waals surface area contributed by atoms with Crippen molar-refractivity contribution < 1.29 is 9.84 Å². The third-order valence-corrected chi connectivity index (χ3v) is 2.69. The number of hydrogen-bond donors (Lipinski definition) is 1. The number of aromatic nitrogens is 1. The smallest absolute Gasteiger partial charge is 0.137 e. The fourth-order valence-electron chi connectivity index (χ4n) is 1.57. The van der Waals surface area contributed by atoms with Crippen molar-refractivity contribution in [3.05, 3.63) is 58.9 Å². The van der Waals surface area contributed by atoms with Crippen LogP contribution in [-0.4, -0.2) is 17.2 Å². The summed E-state index contributed by atoms with van der Waals surface area (Å²) in [5, 5.41) is 10.8. The summed E-state index contributed by atoms with van der Waals surface area (Å²) in [4.78, 5) is 4.01. The second-order valence-electron chi connectivity index (χ2n) is 3.62. The van der Waals surface area contributed by atoms with Gasteiger partial charge in [-0.05, 0) is 23.8 Å². The van der Waals surface area contributed by atoms with Gasteiger partial charge in [0.1, 0.15) is 11.9 Å². The molecule has 1 N–H and O–H groups in total. The number of aliphatic hydroxyl groups is 1. The first kappa shape index (κ1) is 11.9. The lowest BCUT2D eigenvalue weighted by molar-refractivity contribution is 0.219. The highest BCUT2D eigenvalue weighted by Crippen LogP contribution is 2.25. The van der Waals surface area contributed by atoms with Gasteiger partial charge in [-0.25, -0.2) is 0 Å². The van der Waals surface area contributed by atoms with Gasteiger partial charge in [0, 0.05) is 16.8 Å². The molecule has 0 spiro atoms. The normalized spacial score (nSPS) is 12.2. The van der Waals surface area contributed by atoms with Gasteiger partial charge in [0.05, 0.1) is 13.3 Å². The van der Waals surface area contributed by atoms with E-state index in [-0.39, 0.29) is 0 Å². The Bertz CT molecular complexity index is 516. The second-order valence-corrected chi connectivity index (χ2v) is 4.05. The van der Waals surface area contributed by atoms with Crippen LogP contribution in [0.3, 0.4) is 0 Å². The molecule has 0 saturated carbocycles. The monoisotopic (exact) mass is 249 g/mol. The minimum atomic E-state index is -0.753. The van der Waals surface area contributed by atoms with Crippen LogP contribution in [0.15, 0.2) is 42.7 Å². The van der Waals surface area contributed by atoms with Gasteiger partial charge in [-0.1, -0.05) is 23.7 Å². The maximum atomic E-state index is 10.2. The van der Waals surface area contributed by atoms with Crippen molar-refractivity contribution in [2.24, 2.45) is 0 Å². The number of nitrogens with zero attached hydrogens (tertiary/aromatic N) is 1. The average molecular weight is 250 g/mol. The Balaban J connectivity index is 2.33. The number of rotatable bonds is 3. The largest absolute Gasteiger partial charge is 0.495 e. The molecule has 4 heteroatoms. The second kappa shape index (κ2) is 5.17. The third-order valence-electron chi connectivity index (χ3n) is 2.45. The standard InChI is InChI=1S/C13H12ClNO2/c1-17-12-6-10(7-15-8-12)13(16)9-3-2-4-11(14)5-9/h2-8,13,16H,1H3. The summed E-state index contributed by atoms with van der Waals surface area (Å²) in [5.74, 6) is 0.614. The van der Waals surface area contributed by atoms with Crippen molar-refractivity contribution in [2.75, 3.05) is 7.11 Å². The number of benzene rings is 1. The summed E-state index contributed by atoms with van der Waals surface area (Å²) in [6.45, 7) is 0. The zero-order chi connectivity index (χ0) is 12.3. The average Bonchev–Trinajstić information content (AvgIpc) is 2.38. The van der Waals surface area contributed by atoms with Gasteiger partial charge in [-0.15, -0.1) is 0 Å². The van der Waals surface area contributed by atoms with Crippen LogP contribution in [0.2, 0.25) is 5.02 Å². The molecule has 17 heavy (non-hydrogen) atoms. The van der Waals surface area contributed by atoms with Gasteiger partial charge < -0.3 is 9.84 Å². The summed E-state index contributed by atoms with van der Waals surface area (Å²) >= 11 is 5.88. The minimum Gasteiger partial charge on any atom is -0.495 e. The first-order valence-corrected chi connectivity index (χ1v) is 5.51. The van der Waals surface area contributed by atoms with Crippen LogP contribution in [0.25, 0.3) is 0 Å². The fourth-order valence-corrected chi connectivity index (χ4v) is 1.76. The first-order valence-electron chi connectivity index (χ1n) is 5.13. The van der Waals surface area contributed by atoms with E-state index >= 15 is 0 Å². The number of methoxy groups -OCH3 is 1. The maximum Gasteiger partial charge on any atom is 0.137 e. The van der Waals surface area contributed by atoms with Gasteiger partial charge in [0.15, 0.2) is 0 Å². The fraction of sp³-hybridized carbons (Fsp3) is 0.154. The van der Waals surface area contributed by atoms with Crippen LogP contribution in [0.4, 0.5) is 0 Å².